The maximum Gasteiger partial charge on any atom is 0.103 e. The van der Waals surface area contributed by atoms with E-state index < -0.39 is 0 Å². The maximum atomic E-state index is 5.71. The van der Waals surface area contributed by atoms with Gasteiger partial charge in [-0.2, -0.15) is 0 Å². The summed E-state index contributed by atoms with van der Waals surface area (Å²) in [5, 5.41) is 0. The molecule has 2 rings (SSSR count). The van der Waals surface area contributed by atoms with Crippen LogP contribution in [0.3, 0.4) is 0 Å². The SMILES string of the molecule is NC(=S)c1cccc(COC2CCOC2)c1. The molecule has 1 aliphatic heterocycles. The Morgan fingerprint density at radius 1 is 1.56 bits per heavy atom. The molecule has 0 aromatic heterocycles. The van der Waals surface area contributed by atoms with Crippen LogP contribution in [-0.2, 0) is 16.1 Å². The van der Waals surface area contributed by atoms with E-state index in [2.05, 4.69) is 0 Å². The van der Waals surface area contributed by atoms with Gasteiger partial charge in [-0.25, -0.2) is 0 Å². The largest absolute Gasteiger partial charge is 0.389 e. The Morgan fingerprint density at radius 2 is 2.44 bits per heavy atom. The highest BCUT2D eigenvalue weighted by atomic mass is 32.1. The van der Waals surface area contributed by atoms with Crippen LogP contribution in [0.5, 0.6) is 0 Å². The molecule has 1 unspecified atom stereocenters. The van der Waals surface area contributed by atoms with Gasteiger partial charge in [0.1, 0.15) is 4.99 Å². The minimum Gasteiger partial charge on any atom is -0.389 e. The van der Waals surface area contributed by atoms with Gasteiger partial charge in [0.2, 0.25) is 0 Å². The van der Waals surface area contributed by atoms with Crippen molar-refractivity contribution in [1.82, 2.24) is 0 Å². The minimum absolute atomic E-state index is 0.230. The van der Waals surface area contributed by atoms with Gasteiger partial charge in [0, 0.05) is 12.2 Å². The first-order valence-corrected chi connectivity index (χ1v) is 5.74. The second-order valence-corrected chi connectivity index (χ2v) is 4.30. The zero-order chi connectivity index (χ0) is 11.4. The predicted octanol–water partition coefficient (Wildman–Crippen LogP) is 1.63. The fourth-order valence-corrected chi connectivity index (χ4v) is 1.80. The summed E-state index contributed by atoms with van der Waals surface area (Å²) in [5.74, 6) is 0. The van der Waals surface area contributed by atoms with Crippen LogP contribution in [0, 0.1) is 0 Å². The molecule has 0 saturated carbocycles. The molecule has 1 atom stereocenters. The molecule has 1 fully saturated rings. The van der Waals surface area contributed by atoms with Crippen LogP contribution < -0.4 is 5.73 Å². The van der Waals surface area contributed by atoms with Gasteiger partial charge in [0.05, 0.1) is 19.3 Å². The maximum absolute atomic E-state index is 5.71. The third-order valence-corrected chi connectivity index (χ3v) is 2.82. The molecule has 0 aliphatic carbocycles. The van der Waals surface area contributed by atoms with E-state index in [9.17, 15) is 0 Å². The number of thiocarbonyl (C=S) groups is 1. The number of ether oxygens (including phenoxy) is 2. The lowest BCUT2D eigenvalue weighted by Gasteiger charge is -2.10. The van der Waals surface area contributed by atoms with Gasteiger partial charge in [-0.1, -0.05) is 30.4 Å². The van der Waals surface area contributed by atoms with E-state index in [1.54, 1.807) is 0 Å². The second-order valence-electron chi connectivity index (χ2n) is 3.86. The highest BCUT2D eigenvalue weighted by Crippen LogP contribution is 2.12. The molecule has 1 aromatic carbocycles. The normalized spacial score (nSPS) is 19.9. The number of rotatable bonds is 4. The quantitative estimate of drug-likeness (QED) is 0.808. The van der Waals surface area contributed by atoms with Gasteiger partial charge in [-0.3, -0.25) is 0 Å². The number of nitrogens with two attached hydrogens (primary N) is 1. The van der Waals surface area contributed by atoms with Crippen molar-refractivity contribution in [2.24, 2.45) is 5.73 Å². The first-order chi connectivity index (χ1) is 7.75. The molecule has 1 aromatic rings. The predicted molar refractivity (Wildman–Crippen MR) is 66.3 cm³/mol. The van der Waals surface area contributed by atoms with E-state index in [0.717, 1.165) is 24.2 Å². The Kier molecular flexibility index (Phi) is 3.88. The van der Waals surface area contributed by atoms with Crippen LogP contribution in [0.1, 0.15) is 17.5 Å². The van der Waals surface area contributed by atoms with Crippen molar-refractivity contribution in [1.29, 1.82) is 0 Å². The first kappa shape index (κ1) is 11.5. The fourth-order valence-electron chi connectivity index (χ4n) is 1.67. The van der Waals surface area contributed by atoms with Gasteiger partial charge >= 0.3 is 0 Å². The molecular formula is C12H15NO2S. The Hall–Kier alpha value is -0.970. The number of benzene rings is 1. The minimum atomic E-state index is 0.230. The summed E-state index contributed by atoms with van der Waals surface area (Å²) in [6.45, 7) is 2.09. The van der Waals surface area contributed by atoms with Gasteiger partial charge in [-0.05, 0) is 18.1 Å². The zero-order valence-electron chi connectivity index (χ0n) is 9.02. The van der Waals surface area contributed by atoms with E-state index in [-0.39, 0.29) is 6.10 Å². The van der Waals surface area contributed by atoms with Crippen molar-refractivity contribution in [2.75, 3.05) is 13.2 Å². The summed E-state index contributed by atoms with van der Waals surface area (Å²) in [5.41, 5.74) is 7.55. The molecule has 1 saturated heterocycles. The number of hydrogen-bond acceptors (Lipinski definition) is 3. The topological polar surface area (TPSA) is 44.5 Å². The van der Waals surface area contributed by atoms with E-state index in [1.165, 1.54) is 0 Å². The van der Waals surface area contributed by atoms with Crippen molar-refractivity contribution in [3.05, 3.63) is 35.4 Å². The third kappa shape index (κ3) is 3.01. The fraction of sp³-hybridized carbons (Fsp3) is 0.417. The zero-order valence-corrected chi connectivity index (χ0v) is 9.83. The highest BCUT2D eigenvalue weighted by molar-refractivity contribution is 7.80. The van der Waals surface area contributed by atoms with Crippen molar-refractivity contribution >= 4 is 17.2 Å². The first-order valence-electron chi connectivity index (χ1n) is 5.34. The summed E-state index contributed by atoms with van der Waals surface area (Å²) in [4.78, 5) is 0.422. The highest BCUT2D eigenvalue weighted by Gasteiger charge is 2.15. The molecule has 0 radical (unpaired) electrons. The van der Waals surface area contributed by atoms with Crippen LogP contribution in [0.2, 0.25) is 0 Å². The molecule has 86 valence electrons. The average molecular weight is 237 g/mol. The van der Waals surface area contributed by atoms with Gasteiger partial charge in [0.25, 0.3) is 0 Å². The van der Waals surface area contributed by atoms with Crippen LogP contribution in [-0.4, -0.2) is 24.3 Å². The molecule has 16 heavy (non-hydrogen) atoms. The lowest BCUT2D eigenvalue weighted by molar-refractivity contribution is 0.0317. The summed E-state index contributed by atoms with van der Waals surface area (Å²) in [6, 6.07) is 7.83. The molecule has 0 spiro atoms. The van der Waals surface area contributed by atoms with E-state index in [4.69, 9.17) is 27.4 Å². The van der Waals surface area contributed by atoms with Gasteiger partial charge < -0.3 is 15.2 Å². The lowest BCUT2D eigenvalue weighted by atomic mass is 10.1. The average Bonchev–Trinajstić information content (AvgIpc) is 2.79. The van der Waals surface area contributed by atoms with Gasteiger partial charge in [0.15, 0.2) is 0 Å². The summed E-state index contributed by atoms with van der Waals surface area (Å²) in [7, 11) is 0. The van der Waals surface area contributed by atoms with E-state index in [1.807, 2.05) is 24.3 Å². The van der Waals surface area contributed by atoms with Crippen LogP contribution >= 0.6 is 12.2 Å². The van der Waals surface area contributed by atoms with Crippen LogP contribution in [0.15, 0.2) is 24.3 Å². The Balaban J connectivity index is 1.93. The molecule has 1 aliphatic rings. The molecule has 2 N–H and O–H groups in total. The summed E-state index contributed by atoms with van der Waals surface area (Å²) in [6.07, 6.45) is 1.21. The number of hydrogen-bond donors (Lipinski definition) is 1. The summed E-state index contributed by atoms with van der Waals surface area (Å²) < 4.78 is 11.0. The van der Waals surface area contributed by atoms with Crippen LogP contribution in [0.25, 0.3) is 0 Å². The van der Waals surface area contributed by atoms with E-state index >= 15 is 0 Å². The van der Waals surface area contributed by atoms with Crippen LogP contribution in [0.4, 0.5) is 0 Å². The lowest BCUT2D eigenvalue weighted by Crippen LogP contribution is -2.13. The Bertz CT molecular complexity index is 375. The Morgan fingerprint density at radius 3 is 3.12 bits per heavy atom. The van der Waals surface area contributed by atoms with Crippen molar-refractivity contribution in [2.45, 2.75) is 19.1 Å². The molecule has 0 bridgehead atoms. The van der Waals surface area contributed by atoms with Crippen molar-refractivity contribution < 1.29 is 9.47 Å². The standard InChI is InChI=1S/C12H15NO2S/c13-12(16)10-3-1-2-9(6-10)7-15-11-4-5-14-8-11/h1-3,6,11H,4-5,7-8H2,(H2,13,16). The molecule has 4 heteroatoms. The molecule has 0 amide bonds. The molecule has 3 nitrogen and oxygen atoms in total. The smallest absolute Gasteiger partial charge is 0.103 e. The third-order valence-electron chi connectivity index (χ3n) is 2.59. The van der Waals surface area contributed by atoms with Crippen molar-refractivity contribution in [3.63, 3.8) is 0 Å². The second kappa shape index (κ2) is 5.39. The molecular weight excluding hydrogens is 222 g/mol. The molecule has 1 heterocycles. The summed E-state index contributed by atoms with van der Waals surface area (Å²) >= 11 is 4.93. The monoisotopic (exact) mass is 237 g/mol. The van der Waals surface area contributed by atoms with E-state index in [0.29, 0.717) is 18.2 Å². The van der Waals surface area contributed by atoms with Gasteiger partial charge in [-0.15, -0.1) is 0 Å². The van der Waals surface area contributed by atoms with Crippen molar-refractivity contribution in [3.8, 4) is 0 Å². The Labute approximate surface area is 101 Å².